The van der Waals surface area contributed by atoms with E-state index in [1.807, 2.05) is 25.1 Å². The largest absolute Gasteiger partial charge is 0.350 e. The van der Waals surface area contributed by atoms with Crippen LogP contribution in [0.5, 0.6) is 0 Å². The molecule has 1 aliphatic heterocycles. The predicted molar refractivity (Wildman–Crippen MR) is 83.0 cm³/mol. The fourth-order valence-electron chi connectivity index (χ4n) is 2.69. The standard InChI is InChI=1S/C16H17N3O2/c1-11-5-6-15(16(9-11)19(20)21)18-14-4-2-3-12-10-17-8-7-13(12)14/h2-6,9,17-18H,7-8,10H2,1H3. The van der Waals surface area contributed by atoms with Crippen molar-refractivity contribution < 1.29 is 4.92 Å². The molecule has 0 unspecified atom stereocenters. The molecule has 0 bridgehead atoms. The van der Waals surface area contributed by atoms with Crippen molar-refractivity contribution >= 4 is 17.1 Å². The maximum absolute atomic E-state index is 11.2. The maximum atomic E-state index is 11.2. The Morgan fingerprint density at radius 2 is 2.10 bits per heavy atom. The summed E-state index contributed by atoms with van der Waals surface area (Å²) >= 11 is 0. The van der Waals surface area contributed by atoms with E-state index in [4.69, 9.17) is 0 Å². The molecular weight excluding hydrogens is 266 g/mol. The van der Waals surface area contributed by atoms with Crippen LogP contribution in [0.15, 0.2) is 36.4 Å². The topological polar surface area (TPSA) is 67.2 Å². The summed E-state index contributed by atoms with van der Waals surface area (Å²) in [5.41, 5.74) is 4.98. The molecule has 0 spiro atoms. The lowest BCUT2D eigenvalue weighted by Crippen LogP contribution is -2.24. The molecule has 2 aromatic carbocycles. The zero-order valence-electron chi connectivity index (χ0n) is 11.8. The second kappa shape index (κ2) is 5.54. The minimum atomic E-state index is -0.341. The molecule has 0 saturated heterocycles. The summed E-state index contributed by atoms with van der Waals surface area (Å²) < 4.78 is 0. The van der Waals surface area contributed by atoms with Gasteiger partial charge in [0, 0.05) is 18.3 Å². The molecule has 0 aliphatic carbocycles. The quantitative estimate of drug-likeness (QED) is 0.670. The van der Waals surface area contributed by atoms with Crippen LogP contribution in [-0.4, -0.2) is 11.5 Å². The van der Waals surface area contributed by atoms with Crippen molar-refractivity contribution in [3.63, 3.8) is 0 Å². The first-order valence-corrected chi connectivity index (χ1v) is 6.99. The Bertz CT molecular complexity index is 698. The maximum Gasteiger partial charge on any atom is 0.292 e. The monoisotopic (exact) mass is 283 g/mol. The summed E-state index contributed by atoms with van der Waals surface area (Å²) in [7, 11) is 0. The first-order valence-electron chi connectivity index (χ1n) is 6.99. The molecule has 1 aliphatic rings. The fraction of sp³-hybridized carbons (Fsp3) is 0.250. The highest BCUT2D eigenvalue weighted by atomic mass is 16.6. The van der Waals surface area contributed by atoms with E-state index in [0.717, 1.165) is 30.8 Å². The third-order valence-electron chi connectivity index (χ3n) is 3.76. The average Bonchev–Trinajstić information content (AvgIpc) is 2.49. The highest BCUT2D eigenvalue weighted by Gasteiger charge is 2.17. The second-order valence-electron chi connectivity index (χ2n) is 5.27. The average molecular weight is 283 g/mol. The Kier molecular flexibility index (Phi) is 3.58. The van der Waals surface area contributed by atoms with Gasteiger partial charge in [-0.15, -0.1) is 0 Å². The summed E-state index contributed by atoms with van der Waals surface area (Å²) in [5, 5.41) is 17.8. The number of nitrogens with one attached hydrogen (secondary N) is 2. The van der Waals surface area contributed by atoms with Crippen molar-refractivity contribution in [1.82, 2.24) is 5.32 Å². The van der Waals surface area contributed by atoms with Gasteiger partial charge in [-0.1, -0.05) is 18.2 Å². The van der Waals surface area contributed by atoms with Crippen molar-refractivity contribution in [1.29, 1.82) is 0 Å². The predicted octanol–water partition coefficient (Wildman–Crippen LogP) is 3.29. The van der Waals surface area contributed by atoms with Crippen LogP contribution in [0, 0.1) is 17.0 Å². The van der Waals surface area contributed by atoms with E-state index in [1.54, 1.807) is 12.1 Å². The van der Waals surface area contributed by atoms with Gasteiger partial charge in [-0.3, -0.25) is 10.1 Å². The van der Waals surface area contributed by atoms with Crippen molar-refractivity contribution in [3.05, 3.63) is 63.2 Å². The number of anilines is 2. The van der Waals surface area contributed by atoms with E-state index in [1.165, 1.54) is 11.1 Å². The van der Waals surface area contributed by atoms with Crippen molar-refractivity contribution in [2.24, 2.45) is 0 Å². The number of benzene rings is 2. The fourth-order valence-corrected chi connectivity index (χ4v) is 2.69. The van der Waals surface area contributed by atoms with Crippen LogP contribution in [0.4, 0.5) is 17.1 Å². The van der Waals surface area contributed by atoms with Gasteiger partial charge in [0.05, 0.1) is 4.92 Å². The smallest absolute Gasteiger partial charge is 0.292 e. The molecule has 3 rings (SSSR count). The van der Waals surface area contributed by atoms with E-state index in [0.29, 0.717) is 5.69 Å². The first-order chi connectivity index (χ1) is 10.1. The molecule has 0 saturated carbocycles. The zero-order valence-corrected chi connectivity index (χ0v) is 11.8. The molecule has 0 atom stereocenters. The number of fused-ring (bicyclic) bond motifs is 1. The summed E-state index contributed by atoms with van der Waals surface area (Å²) in [6.45, 7) is 3.63. The number of aryl methyl sites for hydroxylation is 1. The number of nitrogens with zero attached hydrogens (tertiary/aromatic N) is 1. The molecule has 0 amide bonds. The van der Waals surface area contributed by atoms with Crippen LogP contribution in [0.2, 0.25) is 0 Å². The molecule has 2 N–H and O–H groups in total. The van der Waals surface area contributed by atoms with Crippen LogP contribution in [-0.2, 0) is 13.0 Å². The van der Waals surface area contributed by atoms with E-state index in [2.05, 4.69) is 16.7 Å². The summed E-state index contributed by atoms with van der Waals surface area (Å²) in [6, 6.07) is 11.3. The van der Waals surface area contributed by atoms with Gasteiger partial charge in [0.25, 0.3) is 5.69 Å². The summed E-state index contributed by atoms with van der Waals surface area (Å²) in [6.07, 6.45) is 0.929. The number of rotatable bonds is 3. The molecule has 21 heavy (non-hydrogen) atoms. The van der Waals surface area contributed by atoms with Crippen LogP contribution >= 0.6 is 0 Å². The van der Waals surface area contributed by atoms with Crippen molar-refractivity contribution in [2.45, 2.75) is 19.9 Å². The van der Waals surface area contributed by atoms with E-state index in [9.17, 15) is 10.1 Å². The van der Waals surface area contributed by atoms with Gasteiger partial charge in [-0.05, 0) is 48.7 Å². The van der Waals surface area contributed by atoms with Crippen LogP contribution in [0.25, 0.3) is 0 Å². The molecule has 0 fully saturated rings. The Labute approximate surface area is 123 Å². The molecule has 0 radical (unpaired) electrons. The second-order valence-corrected chi connectivity index (χ2v) is 5.27. The van der Waals surface area contributed by atoms with Crippen LogP contribution in [0.1, 0.15) is 16.7 Å². The molecule has 2 aromatic rings. The summed E-state index contributed by atoms with van der Waals surface area (Å²) in [4.78, 5) is 10.9. The van der Waals surface area contributed by atoms with E-state index < -0.39 is 0 Å². The Morgan fingerprint density at radius 1 is 1.24 bits per heavy atom. The molecule has 5 heteroatoms. The minimum Gasteiger partial charge on any atom is -0.350 e. The highest BCUT2D eigenvalue weighted by Crippen LogP contribution is 2.31. The van der Waals surface area contributed by atoms with Gasteiger partial charge < -0.3 is 10.6 Å². The lowest BCUT2D eigenvalue weighted by molar-refractivity contribution is -0.384. The van der Waals surface area contributed by atoms with Crippen molar-refractivity contribution in [3.8, 4) is 0 Å². The molecular formula is C16H17N3O2. The molecule has 1 heterocycles. The van der Waals surface area contributed by atoms with E-state index in [-0.39, 0.29) is 10.6 Å². The van der Waals surface area contributed by atoms with E-state index >= 15 is 0 Å². The van der Waals surface area contributed by atoms with Crippen molar-refractivity contribution in [2.75, 3.05) is 11.9 Å². The number of nitro benzene ring substituents is 1. The number of hydrogen-bond acceptors (Lipinski definition) is 4. The summed E-state index contributed by atoms with van der Waals surface area (Å²) in [5.74, 6) is 0. The third kappa shape index (κ3) is 2.73. The van der Waals surface area contributed by atoms with Gasteiger partial charge in [-0.2, -0.15) is 0 Å². The van der Waals surface area contributed by atoms with Gasteiger partial charge in [-0.25, -0.2) is 0 Å². The SMILES string of the molecule is Cc1ccc(Nc2cccc3c2CCNC3)c([N+](=O)[O-])c1. The Hall–Kier alpha value is -2.40. The first kappa shape index (κ1) is 13.6. The molecule has 0 aromatic heterocycles. The highest BCUT2D eigenvalue weighted by molar-refractivity contribution is 5.72. The molecule has 108 valence electrons. The third-order valence-corrected chi connectivity index (χ3v) is 3.76. The normalized spacial score (nSPS) is 13.6. The van der Waals surface area contributed by atoms with Gasteiger partial charge >= 0.3 is 0 Å². The lowest BCUT2D eigenvalue weighted by atomic mass is 9.99. The Morgan fingerprint density at radius 3 is 2.90 bits per heavy atom. The van der Waals surface area contributed by atoms with Gasteiger partial charge in [0.15, 0.2) is 0 Å². The van der Waals surface area contributed by atoms with Crippen LogP contribution in [0.3, 0.4) is 0 Å². The zero-order chi connectivity index (χ0) is 14.8. The number of nitro groups is 1. The Balaban J connectivity index is 2.00. The van der Waals surface area contributed by atoms with Gasteiger partial charge in [0.1, 0.15) is 5.69 Å². The minimum absolute atomic E-state index is 0.113. The number of hydrogen-bond donors (Lipinski definition) is 2. The molecule has 5 nitrogen and oxygen atoms in total. The van der Waals surface area contributed by atoms with Crippen LogP contribution < -0.4 is 10.6 Å². The van der Waals surface area contributed by atoms with Gasteiger partial charge in [0.2, 0.25) is 0 Å². The lowest BCUT2D eigenvalue weighted by Gasteiger charge is -2.21.